The van der Waals surface area contributed by atoms with Crippen LogP contribution < -0.4 is 10.1 Å². The standard InChI is InChI=1S/C30H26ClF3N4O2/c31-24-9-10-25(33)28(27(24)34)40-18-26(19-5-2-1-3-6-19)38-13-11-23(12-14-38)37-30(39)21-16-35-29(36-17-21)20-7-4-8-22(32)15-20/h1-10,15-17,23,26H,11-14,18H2,(H,37,39). The van der Waals surface area contributed by atoms with E-state index < -0.39 is 17.4 Å². The summed E-state index contributed by atoms with van der Waals surface area (Å²) in [5.41, 5.74) is 1.78. The maximum Gasteiger partial charge on any atom is 0.254 e. The number of rotatable bonds is 8. The van der Waals surface area contributed by atoms with Crippen molar-refractivity contribution in [3.63, 3.8) is 0 Å². The lowest BCUT2D eigenvalue weighted by Gasteiger charge is -2.38. The number of hydrogen-bond acceptors (Lipinski definition) is 5. The summed E-state index contributed by atoms with van der Waals surface area (Å²) in [6, 6.07) is 17.4. The first-order chi connectivity index (χ1) is 19.4. The van der Waals surface area contributed by atoms with Crippen molar-refractivity contribution < 1.29 is 22.7 Å². The average molecular weight is 567 g/mol. The first kappa shape index (κ1) is 27.6. The van der Waals surface area contributed by atoms with Gasteiger partial charge in [0.05, 0.1) is 16.6 Å². The van der Waals surface area contributed by atoms with E-state index in [0.717, 1.165) is 17.7 Å². The summed E-state index contributed by atoms with van der Waals surface area (Å²) < 4.78 is 47.8. The first-order valence-corrected chi connectivity index (χ1v) is 13.2. The predicted molar refractivity (Wildman–Crippen MR) is 146 cm³/mol. The van der Waals surface area contributed by atoms with Crippen molar-refractivity contribution in [1.82, 2.24) is 20.2 Å². The molecule has 0 radical (unpaired) electrons. The second-order valence-electron chi connectivity index (χ2n) is 9.50. The Bertz CT molecular complexity index is 1470. The summed E-state index contributed by atoms with van der Waals surface area (Å²) in [5, 5.41) is 2.82. The highest BCUT2D eigenvalue weighted by atomic mass is 35.5. The average Bonchev–Trinajstić information content (AvgIpc) is 2.98. The van der Waals surface area contributed by atoms with Crippen LogP contribution >= 0.6 is 11.6 Å². The predicted octanol–water partition coefficient (Wildman–Crippen LogP) is 6.23. The second-order valence-corrected chi connectivity index (χ2v) is 9.91. The minimum absolute atomic E-state index is 0.0181. The molecule has 0 bridgehead atoms. The van der Waals surface area contributed by atoms with E-state index in [1.54, 1.807) is 12.1 Å². The Balaban J connectivity index is 1.21. The van der Waals surface area contributed by atoms with Crippen molar-refractivity contribution in [3.05, 3.63) is 113 Å². The van der Waals surface area contributed by atoms with Crippen LogP contribution in [0.25, 0.3) is 11.4 Å². The van der Waals surface area contributed by atoms with Gasteiger partial charge in [0, 0.05) is 37.1 Å². The van der Waals surface area contributed by atoms with Crippen molar-refractivity contribution in [2.75, 3.05) is 19.7 Å². The zero-order valence-electron chi connectivity index (χ0n) is 21.4. The van der Waals surface area contributed by atoms with Crippen molar-refractivity contribution in [2.45, 2.75) is 24.9 Å². The third-order valence-electron chi connectivity index (χ3n) is 6.87. The third-order valence-corrected chi connectivity index (χ3v) is 7.17. The van der Waals surface area contributed by atoms with Gasteiger partial charge in [0.2, 0.25) is 0 Å². The van der Waals surface area contributed by atoms with E-state index in [1.807, 2.05) is 30.3 Å². The Hall–Kier alpha value is -3.95. The maximum atomic E-state index is 14.4. The van der Waals surface area contributed by atoms with E-state index in [4.69, 9.17) is 16.3 Å². The largest absolute Gasteiger partial charge is 0.486 e. The van der Waals surface area contributed by atoms with Gasteiger partial charge in [-0.05, 0) is 42.7 Å². The fourth-order valence-corrected chi connectivity index (χ4v) is 4.89. The summed E-state index contributed by atoms with van der Waals surface area (Å²) >= 11 is 5.82. The molecule has 0 spiro atoms. The van der Waals surface area contributed by atoms with Crippen molar-refractivity contribution in [2.24, 2.45) is 0 Å². The molecule has 1 aliphatic rings. The van der Waals surface area contributed by atoms with Crippen LogP contribution in [0.1, 0.15) is 34.8 Å². The Kier molecular flexibility index (Phi) is 8.62. The van der Waals surface area contributed by atoms with Crippen LogP contribution in [0.2, 0.25) is 5.02 Å². The van der Waals surface area contributed by atoms with Crippen molar-refractivity contribution in [3.8, 4) is 17.1 Å². The van der Waals surface area contributed by atoms with E-state index in [2.05, 4.69) is 20.2 Å². The summed E-state index contributed by atoms with van der Waals surface area (Å²) in [5.74, 6) is -2.60. The van der Waals surface area contributed by atoms with Gasteiger partial charge in [0.15, 0.2) is 23.2 Å². The molecule has 40 heavy (non-hydrogen) atoms. The van der Waals surface area contributed by atoms with Crippen LogP contribution in [-0.2, 0) is 0 Å². The zero-order chi connectivity index (χ0) is 28.1. The number of hydrogen-bond donors (Lipinski definition) is 1. The van der Waals surface area contributed by atoms with Gasteiger partial charge in [-0.3, -0.25) is 9.69 Å². The summed E-state index contributed by atoms with van der Waals surface area (Å²) in [6.07, 6.45) is 4.18. The van der Waals surface area contributed by atoms with Gasteiger partial charge >= 0.3 is 0 Å². The lowest BCUT2D eigenvalue weighted by molar-refractivity contribution is 0.0828. The van der Waals surface area contributed by atoms with Gasteiger partial charge in [-0.2, -0.15) is 0 Å². The molecule has 10 heteroatoms. The molecule has 6 nitrogen and oxygen atoms in total. The van der Waals surface area contributed by atoms with E-state index in [-0.39, 0.29) is 35.4 Å². The number of ether oxygens (including phenoxy) is 1. The second kappa shape index (κ2) is 12.5. The highest BCUT2D eigenvalue weighted by Crippen LogP contribution is 2.31. The summed E-state index contributed by atoms with van der Waals surface area (Å²) in [6.45, 7) is 1.27. The van der Waals surface area contributed by atoms with E-state index in [0.29, 0.717) is 42.9 Å². The molecule has 4 aromatic rings. The summed E-state index contributed by atoms with van der Waals surface area (Å²) in [4.78, 5) is 23.4. The molecule has 2 heterocycles. The summed E-state index contributed by atoms with van der Waals surface area (Å²) in [7, 11) is 0. The van der Waals surface area contributed by atoms with Gasteiger partial charge in [-0.1, -0.05) is 54.1 Å². The number of carbonyl (C=O) groups excluding carboxylic acids is 1. The number of likely N-dealkylation sites (tertiary alicyclic amines) is 1. The topological polar surface area (TPSA) is 67.4 Å². The van der Waals surface area contributed by atoms with Crippen LogP contribution in [-0.4, -0.2) is 46.5 Å². The Labute approximate surface area is 234 Å². The molecule has 1 atom stereocenters. The SMILES string of the molecule is O=C(NC1CCN(C(COc2c(F)ccc(Cl)c2F)c2ccccc2)CC1)c1cnc(-c2cccc(F)c2)nc1. The highest BCUT2D eigenvalue weighted by Gasteiger charge is 2.28. The lowest BCUT2D eigenvalue weighted by Crippen LogP contribution is -2.46. The van der Waals surface area contributed by atoms with Gasteiger partial charge < -0.3 is 10.1 Å². The van der Waals surface area contributed by atoms with Crippen LogP contribution in [0, 0.1) is 17.5 Å². The normalized spacial score (nSPS) is 15.0. The molecule has 1 saturated heterocycles. The molecule has 1 N–H and O–H groups in total. The minimum Gasteiger partial charge on any atom is -0.486 e. The van der Waals surface area contributed by atoms with Gasteiger partial charge in [0.25, 0.3) is 5.91 Å². The number of piperidine rings is 1. The van der Waals surface area contributed by atoms with E-state index in [1.165, 1.54) is 24.5 Å². The molecule has 206 valence electrons. The Morgan fingerprint density at radius 3 is 2.42 bits per heavy atom. The minimum atomic E-state index is -0.928. The maximum absolute atomic E-state index is 14.4. The smallest absolute Gasteiger partial charge is 0.254 e. The molecule has 0 aliphatic carbocycles. The first-order valence-electron chi connectivity index (χ1n) is 12.8. The Morgan fingerprint density at radius 1 is 1.00 bits per heavy atom. The highest BCUT2D eigenvalue weighted by molar-refractivity contribution is 6.30. The number of aromatic nitrogens is 2. The molecule has 1 amide bonds. The Morgan fingerprint density at radius 2 is 1.73 bits per heavy atom. The van der Waals surface area contributed by atoms with E-state index in [9.17, 15) is 18.0 Å². The zero-order valence-corrected chi connectivity index (χ0v) is 22.1. The number of benzene rings is 3. The number of nitrogens with one attached hydrogen (secondary N) is 1. The van der Waals surface area contributed by atoms with E-state index >= 15 is 0 Å². The number of nitrogens with zero attached hydrogens (tertiary/aromatic N) is 3. The molecule has 0 saturated carbocycles. The molecular formula is C30H26ClF3N4O2. The monoisotopic (exact) mass is 566 g/mol. The molecule has 1 aromatic heterocycles. The van der Waals surface area contributed by atoms with Crippen molar-refractivity contribution in [1.29, 1.82) is 0 Å². The molecule has 3 aromatic carbocycles. The van der Waals surface area contributed by atoms with Crippen LogP contribution in [0.3, 0.4) is 0 Å². The molecule has 1 fully saturated rings. The number of amides is 1. The van der Waals surface area contributed by atoms with Crippen LogP contribution in [0.5, 0.6) is 5.75 Å². The number of halogens is 4. The fourth-order valence-electron chi connectivity index (χ4n) is 4.74. The van der Waals surface area contributed by atoms with Gasteiger partial charge in [-0.15, -0.1) is 0 Å². The van der Waals surface area contributed by atoms with Crippen LogP contribution in [0.4, 0.5) is 13.2 Å². The quantitative estimate of drug-likeness (QED) is 0.256. The molecule has 1 aliphatic heterocycles. The molecular weight excluding hydrogens is 541 g/mol. The molecule has 5 rings (SSSR count). The molecule has 1 unspecified atom stereocenters. The number of carbonyl (C=O) groups is 1. The lowest BCUT2D eigenvalue weighted by atomic mass is 9.99. The fraction of sp³-hybridized carbons (Fsp3) is 0.233. The van der Waals surface area contributed by atoms with Gasteiger partial charge in [-0.25, -0.2) is 23.1 Å². The van der Waals surface area contributed by atoms with Crippen molar-refractivity contribution >= 4 is 17.5 Å². The third kappa shape index (κ3) is 6.43. The van der Waals surface area contributed by atoms with Gasteiger partial charge in [0.1, 0.15) is 12.4 Å². The van der Waals surface area contributed by atoms with Crippen LogP contribution in [0.15, 0.2) is 79.1 Å².